The fourth-order valence-corrected chi connectivity index (χ4v) is 2.34. The van der Waals surface area contributed by atoms with E-state index in [1.165, 1.54) is 18.3 Å². The Morgan fingerprint density at radius 1 is 1.20 bits per heavy atom. The van der Waals surface area contributed by atoms with Crippen LogP contribution in [0.4, 0.5) is 0 Å². The van der Waals surface area contributed by atoms with Crippen LogP contribution in [-0.4, -0.2) is 26.2 Å². The van der Waals surface area contributed by atoms with Crippen LogP contribution in [-0.2, 0) is 13.0 Å². The molecule has 0 saturated heterocycles. The number of carboxylic acids is 1. The first-order valence-electron chi connectivity index (χ1n) is 7.81. The van der Waals surface area contributed by atoms with Gasteiger partial charge < -0.3 is 14.4 Å². The minimum absolute atomic E-state index is 0.109. The van der Waals surface area contributed by atoms with Crippen LogP contribution in [0.5, 0.6) is 5.88 Å². The number of rotatable bonds is 6. The number of ether oxygens (including phenoxy) is 1. The van der Waals surface area contributed by atoms with Gasteiger partial charge in [-0.05, 0) is 25.1 Å². The SMILES string of the molecule is CCc1onc(-c2ccc(C)nc2)c1COc1ccc(C(=O)O)cn1. The van der Waals surface area contributed by atoms with Crippen molar-refractivity contribution < 1.29 is 19.2 Å². The third kappa shape index (κ3) is 3.65. The number of nitrogens with zero attached hydrogens (tertiary/aromatic N) is 3. The molecular formula is C18H17N3O4. The van der Waals surface area contributed by atoms with E-state index in [0.717, 1.165) is 22.6 Å². The predicted octanol–water partition coefficient (Wildman–Crippen LogP) is 3.28. The van der Waals surface area contributed by atoms with Gasteiger partial charge in [-0.3, -0.25) is 4.98 Å². The van der Waals surface area contributed by atoms with Crippen molar-refractivity contribution >= 4 is 5.97 Å². The van der Waals surface area contributed by atoms with Gasteiger partial charge in [0.05, 0.1) is 11.1 Å². The van der Waals surface area contributed by atoms with Gasteiger partial charge in [-0.1, -0.05) is 12.1 Å². The van der Waals surface area contributed by atoms with Gasteiger partial charge >= 0.3 is 5.97 Å². The second-order valence-corrected chi connectivity index (χ2v) is 5.45. The monoisotopic (exact) mass is 339 g/mol. The summed E-state index contributed by atoms with van der Waals surface area (Å²) in [5.74, 6) is 0.0412. The van der Waals surface area contributed by atoms with E-state index in [9.17, 15) is 4.79 Å². The van der Waals surface area contributed by atoms with Crippen LogP contribution in [0.15, 0.2) is 41.2 Å². The zero-order chi connectivity index (χ0) is 17.8. The highest BCUT2D eigenvalue weighted by Crippen LogP contribution is 2.26. The van der Waals surface area contributed by atoms with Crippen molar-refractivity contribution in [1.29, 1.82) is 0 Å². The van der Waals surface area contributed by atoms with Gasteiger partial charge in [0.1, 0.15) is 18.1 Å². The van der Waals surface area contributed by atoms with Gasteiger partial charge in [-0.25, -0.2) is 9.78 Å². The Labute approximate surface area is 144 Å². The zero-order valence-electron chi connectivity index (χ0n) is 13.9. The summed E-state index contributed by atoms with van der Waals surface area (Å²) in [6.45, 7) is 4.11. The topological polar surface area (TPSA) is 98.3 Å². The average molecular weight is 339 g/mol. The smallest absolute Gasteiger partial charge is 0.337 e. The minimum atomic E-state index is -1.03. The lowest BCUT2D eigenvalue weighted by Gasteiger charge is -2.07. The first-order chi connectivity index (χ1) is 12.1. The van der Waals surface area contributed by atoms with Gasteiger partial charge in [-0.2, -0.15) is 0 Å². The molecule has 0 spiro atoms. The average Bonchev–Trinajstić information content (AvgIpc) is 3.04. The highest BCUT2D eigenvalue weighted by molar-refractivity contribution is 5.87. The Kier molecular flexibility index (Phi) is 4.74. The molecule has 0 aromatic carbocycles. The lowest BCUT2D eigenvalue weighted by molar-refractivity contribution is 0.0696. The van der Waals surface area contributed by atoms with Crippen LogP contribution in [0.2, 0.25) is 0 Å². The molecule has 3 rings (SSSR count). The molecule has 7 nitrogen and oxygen atoms in total. The first-order valence-corrected chi connectivity index (χ1v) is 7.81. The van der Waals surface area contributed by atoms with Crippen molar-refractivity contribution in [3.63, 3.8) is 0 Å². The lowest BCUT2D eigenvalue weighted by Crippen LogP contribution is -2.02. The quantitative estimate of drug-likeness (QED) is 0.735. The molecule has 0 atom stereocenters. The normalized spacial score (nSPS) is 10.6. The van der Waals surface area contributed by atoms with E-state index < -0.39 is 5.97 Å². The standard InChI is InChI=1S/C18H17N3O4/c1-3-15-14(10-24-16-7-6-13(9-20-16)18(22)23)17(21-25-15)12-5-4-11(2)19-8-12/h4-9H,3,10H2,1-2H3,(H,22,23). The molecule has 3 aromatic rings. The van der Waals surface area contributed by atoms with Crippen LogP contribution >= 0.6 is 0 Å². The summed E-state index contributed by atoms with van der Waals surface area (Å²) >= 11 is 0. The molecule has 0 amide bonds. The van der Waals surface area contributed by atoms with E-state index in [-0.39, 0.29) is 12.2 Å². The summed E-state index contributed by atoms with van der Waals surface area (Å²) in [5.41, 5.74) is 3.40. The van der Waals surface area contributed by atoms with Crippen molar-refractivity contribution in [1.82, 2.24) is 15.1 Å². The summed E-state index contributed by atoms with van der Waals surface area (Å²) in [4.78, 5) is 19.1. The van der Waals surface area contributed by atoms with E-state index in [2.05, 4.69) is 15.1 Å². The Bertz CT molecular complexity index is 870. The molecule has 0 aliphatic heterocycles. The molecule has 3 aromatic heterocycles. The van der Waals surface area contributed by atoms with Crippen molar-refractivity contribution in [2.24, 2.45) is 0 Å². The number of aryl methyl sites for hydroxylation is 2. The summed E-state index contributed by atoms with van der Waals surface area (Å²) < 4.78 is 11.1. The Morgan fingerprint density at radius 3 is 2.64 bits per heavy atom. The molecule has 0 saturated carbocycles. The molecular weight excluding hydrogens is 322 g/mol. The second-order valence-electron chi connectivity index (χ2n) is 5.45. The summed E-state index contributed by atoms with van der Waals surface area (Å²) in [5, 5.41) is 13.0. The number of pyridine rings is 2. The fourth-order valence-electron chi connectivity index (χ4n) is 2.34. The second kappa shape index (κ2) is 7.12. The third-order valence-electron chi connectivity index (χ3n) is 3.72. The highest BCUT2D eigenvalue weighted by atomic mass is 16.5. The van der Waals surface area contributed by atoms with E-state index in [4.69, 9.17) is 14.4 Å². The summed E-state index contributed by atoms with van der Waals surface area (Å²) in [7, 11) is 0. The van der Waals surface area contributed by atoms with Crippen LogP contribution in [0.3, 0.4) is 0 Å². The van der Waals surface area contributed by atoms with Gasteiger partial charge in [-0.15, -0.1) is 0 Å². The minimum Gasteiger partial charge on any atom is -0.478 e. The molecule has 0 aliphatic rings. The predicted molar refractivity (Wildman–Crippen MR) is 89.4 cm³/mol. The van der Waals surface area contributed by atoms with E-state index in [1.54, 1.807) is 6.20 Å². The van der Waals surface area contributed by atoms with E-state index in [0.29, 0.717) is 18.0 Å². The van der Waals surface area contributed by atoms with Gasteiger partial charge in [0, 0.05) is 36.1 Å². The number of carboxylic acid groups (broad SMARTS) is 1. The maximum atomic E-state index is 10.9. The number of hydrogen-bond acceptors (Lipinski definition) is 6. The molecule has 1 N–H and O–H groups in total. The van der Waals surface area contributed by atoms with Crippen molar-refractivity contribution in [3.05, 3.63) is 59.2 Å². The lowest BCUT2D eigenvalue weighted by atomic mass is 10.1. The number of hydrogen-bond donors (Lipinski definition) is 1. The molecule has 0 radical (unpaired) electrons. The van der Waals surface area contributed by atoms with Gasteiger partial charge in [0.2, 0.25) is 5.88 Å². The van der Waals surface area contributed by atoms with Crippen LogP contribution in [0.1, 0.15) is 34.3 Å². The highest BCUT2D eigenvalue weighted by Gasteiger charge is 2.17. The number of aromatic carboxylic acids is 1. The Hall–Kier alpha value is -3.22. The molecule has 0 unspecified atom stereocenters. The molecule has 0 bridgehead atoms. The van der Waals surface area contributed by atoms with Gasteiger partial charge in [0.25, 0.3) is 0 Å². The zero-order valence-corrected chi connectivity index (χ0v) is 13.9. The number of aromatic nitrogens is 3. The molecule has 3 heterocycles. The molecule has 7 heteroatoms. The fraction of sp³-hybridized carbons (Fsp3) is 0.222. The Balaban J connectivity index is 1.82. The molecule has 128 valence electrons. The van der Waals surface area contributed by atoms with E-state index in [1.807, 2.05) is 26.0 Å². The molecule has 0 aliphatic carbocycles. The molecule has 0 fully saturated rings. The van der Waals surface area contributed by atoms with Crippen LogP contribution in [0, 0.1) is 6.92 Å². The summed E-state index contributed by atoms with van der Waals surface area (Å²) in [6.07, 6.45) is 3.68. The summed E-state index contributed by atoms with van der Waals surface area (Å²) in [6, 6.07) is 6.81. The number of carbonyl (C=O) groups is 1. The Morgan fingerprint density at radius 2 is 2.04 bits per heavy atom. The largest absolute Gasteiger partial charge is 0.478 e. The van der Waals surface area contributed by atoms with Crippen LogP contribution in [0.25, 0.3) is 11.3 Å². The van der Waals surface area contributed by atoms with E-state index >= 15 is 0 Å². The van der Waals surface area contributed by atoms with Gasteiger partial charge in [0.15, 0.2) is 0 Å². The van der Waals surface area contributed by atoms with Crippen molar-refractivity contribution in [2.45, 2.75) is 26.9 Å². The van der Waals surface area contributed by atoms with Crippen molar-refractivity contribution in [2.75, 3.05) is 0 Å². The first kappa shape index (κ1) is 16.6. The third-order valence-corrected chi connectivity index (χ3v) is 3.72. The van der Waals surface area contributed by atoms with Crippen molar-refractivity contribution in [3.8, 4) is 17.1 Å². The van der Waals surface area contributed by atoms with Crippen LogP contribution < -0.4 is 4.74 Å². The maximum absolute atomic E-state index is 10.9. The molecule has 25 heavy (non-hydrogen) atoms. The maximum Gasteiger partial charge on any atom is 0.337 e.